The lowest BCUT2D eigenvalue weighted by atomic mass is 9.76. The van der Waals surface area contributed by atoms with Crippen LogP contribution < -0.4 is 5.73 Å². The van der Waals surface area contributed by atoms with Crippen molar-refractivity contribution in [2.24, 2.45) is 0 Å². The molecule has 124 valence electrons. The molecule has 1 heterocycles. The minimum Gasteiger partial charge on any atom is -0.469 e. The van der Waals surface area contributed by atoms with Crippen molar-refractivity contribution >= 4 is 28.4 Å². The Morgan fingerprint density at radius 2 is 2.09 bits per heavy atom. The monoisotopic (exact) mass is 328 g/mol. The number of hydrogen-bond donors (Lipinski definition) is 1. The van der Waals surface area contributed by atoms with Gasteiger partial charge in [0.05, 0.1) is 19.4 Å². The van der Waals surface area contributed by atoms with Gasteiger partial charge in [0, 0.05) is 11.8 Å². The largest absolute Gasteiger partial charge is 0.469 e. The summed E-state index contributed by atoms with van der Waals surface area (Å²) in [6.45, 7) is 4.09. The fourth-order valence-corrected chi connectivity index (χ4v) is 3.02. The summed E-state index contributed by atoms with van der Waals surface area (Å²) < 4.78 is 9.96. The number of carbonyl (C=O) groups excluding carboxylic acids is 2. The number of nitrogens with two attached hydrogens (primary N) is 1. The van der Waals surface area contributed by atoms with Crippen molar-refractivity contribution < 1.29 is 19.1 Å². The molecule has 0 radical (unpaired) electrons. The minimum absolute atomic E-state index is 0.135. The Labute approximate surface area is 135 Å². The van der Waals surface area contributed by atoms with Gasteiger partial charge >= 0.3 is 11.9 Å². The van der Waals surface area contributed by atoms with Gasteiger partial charge in [0.25, 0.3) is 0 Å². The quantitative estimate of drug-likeness (QED) is 0.701. The average molecular weight is 328 g/mol. The molecule has 2 N–H and O–H groups in total. The van der Waals surface area contributed by atoms with Crippen molar-refractivity contribution in [2.75, 3.05) is 19.5 Å². The van der Waals surface area contributed by atoms with E-state index in [0.29, 0.717) is 23.7 Å². The molecule has 1 unspecified atom stereocenters. The number of aromatic nitrogens is 1. The molecule has 0 aliphatic heterocycles. The Hall–Kier alpha value is -1.63. The van der Waals surface area contributed by atoms with E-state index in [9.17, 15) is 9.59 Å². The van der Waals surface area contributed by atoms with Gasteiger partial charge in [-0.15, -0.1) is 11.3 Å². The summed E-state index contributed by atoms with van der Waals surface area (Å²) in [5.41, 5.74) is 5.38. The number of carbonyl (C=O) groups is 2. The van der Waals surface area contributed by atoms with E-state index in [-0.39, 0.29) is 25.0 Å². The Kier molecular flexibility index (Phi) is 7.31. The van der Waals surface area contributed by atoms with Crippen molar-refractivity contribution in [3.63, 3.8) is 0 Å². The van der Waals surface area contributed by atoms with Crippen LogP contribution in [0.5, 0.6) is 0 Å². The van der Waals surface area contributed by atoms with Crippen LogP contribution in [0.4, 0.5) is 5.13 Å². The first-order valence-corrected chi connectivity index (χ1v) is 8.33. The molecule has 0 fully saturated rings. The minimum atomic E-state index is -0.936. The van der Waals surface area contributed by atoms with Crippen LogP contribution in [-0.2, 0) is 24.5 Å². The number of rotatable bonds is 9. The van der Waals surface area contributed by atoms with Gasteiger partial charge in [-0.2, -0.15) is 0 Å². The Bertz CT molecular complexity index is 503. The van der Waals surface area contributed by atoms with Gasteiger partial charge in [-0.1, -0.05) is 19.8 Å². The molecule has 0 spiro atoms. The predicted molar refractivity (Wildman–Crippen MR) is 85.6 cm³/mol. The molecule has 7 heteroatoms. The highest BCUT2D eigenvalue weighted by molar-refractivity contribution is 7.13. The van der Waals surface area contributed by atoms with E-state index in [1.165, 1.54) is 18.4 Å². The summed E-state index contributed by atoms with van der Waals surface area (Å²) in [5.74, 6) is -0.703. The molecule has 0 bridgehead atoms. The third-order valence-corrected chi connectivity index (χ3v) is 4.29. The average Bonchev–Trinajstić information content (AvgIpc) is 2.94. The number of nitrogens with zero attached hydrogens (tertiary/aromatic N) is 1. The molecule has 1 rings (SSSR count). The fraction of sp³-hybridized carbons (Fsp3) is 0.667. The van der Waals surface area contributed by atoms with Crippen LogP contribution in [0.15, 0.2) is 5.38 Å². The van der Waals surface area contributed by atoms with E-state index in [4.69, 9.17) is 15.2 Å². The number of thiazole rings is 1. The predicted octanol–water partition coefficient (Wildman–Crippen LogP) is 2.67. The van der Waals surface area contributed by atoms with Crippen LogP contribution in [0.2, 0.25) is 0 Å². The van der Waals surface area contributed by atoms with E-state index in [0.717, 1.165) is 12.8 Å². The summed E-state index contributed by atoms with van der Waals surface area (Å²) in [6, 6.07) is 0. The number of esters is 2. The van der Waals surface area contributed by atoms with Crippen molar-refractivity contribution in [1.82, 2.24) is 4.98 Å². The highest BCUT2D eigenvalue weighted by Crippen LogP contribution is 2.37. The van der Waals surface area contributed by atoms with E-state index in [1.54, 1.807) is 12.3 Å². The molecule has 1 atom stereocenters. The maximum atomic E-state index is 12.6. The van der Waals surface area contributed by atoms with E-state index < -0.39 is 5.41 Å². The zero-order valence-corrected chi connectivity index (χ0v) is 14.2. The van der Waals surface area contributed by atoms with Gasteiger partial charge < -0.3 is 15.2 Å². The third kappa shape index (κ3) is 4.43. The van der Waals surface area contributed by atoms with Crippen LogP contribution in [0.3, 0.4) is 0 Å². The molecule has 22 heavy (non-hydrogen) atoms. The summed E-state index contributed by atoms with van der Waals surface area (Å²) in [6.07, 6.45) is 2.77. The molecule has 6 nitrogen and oxygen atoms in total. The second-order valence-corrected chi connectivity index (χ2v) is 5.94. The third-order valence-electron chi connectivity index (χ3n) is 3.62. The molecule has 1 aromatic rings. The molecule has 0 saturated heterocycles. The van der Waals surface area contributed by atoms with Crippen LogP contribution in [0.1, 0.15) is 51.6 Å². The van der Waals surface area contributed by atoms with Crippen molar-refractivity contribution in [2.45, 2.75) is 51.4 Å². The van der Waals surface area contributed by atoms with Gasteiger partial charge in [0.1, 0.15) is 5.41 Å². The maximum absolute atomic E-state index is 12.6. The van der Waals surface area contributed by atoms with Crippen LogP contribution >= 0.6 is 11.3 Å². The van der Waals surface area contributed by atoms with Gasteiger partial charge in [0.2, 0.25) is 0 Å². The lowest BCUT2D eigenvalue weighted by molar-refractivity contribution is -0.152. The molecule has 0 aliphatic carbocycles. The summed E-state index contributed by atoms with van der Waals surface area (Å²) in [4.78, 5) is 28.5. The van der Waals surface area contributed by atoms with E-state index >= 15 is 0 Å². The Morgan fingerprint density at radius 3 is 2.59 bits per heavy atom. The smallest absolute Gasteiger partial charge is 0.318 e. The zero-order valence-electron chi connectivity index (χ0n) is 13.4. The molecular formula is C15H24N2O4S. The van der Waals surface area contributed by atoms with Crippen molar-refractivity contribution in [3.8, 4) is 0 Å². The Morgan fingerprint density at radius 1 is 1.36 bits per heavy atom. The first-order chi connectivity index (χ1) is 10.5. The fourth-order valence-electron chi connectivity index (χ4n) is 2.36. The standard InChI is InChI=1S/C15H24N2O4S/c1-4-6-8-15(13(19)21-5-2,9-7-12(18)20-3)11-10-22-14(16)17-11/h10H,4-9H2,1-3H3,(H2,16,17). The van der Waals surface area contributed by atoms with Crippen molar-refractivity contribution in [3.05, 3.63) is 11.1 Å². The summed E-state index contributed by atoms with van der Waals surface area (Å²) >= 11 is 1.28. The van der Waals surface area contributed by atoms with Crippen molar-refractivity contribution in [1.29, 1.82) is 0 Å². The highest BCUT2D eigenvalue weighted by Gasteiger charge is 2.43. The van der Waals surface area contributed by atoms with Crippen LogP contribution in [-0.4, -0.2) is 30.6 Å². The van der Waals surface area contributed by atoms with E-state index in [2.05, 4.69) is 4.98 Å². The van der Waals surface area contributed by atoms with Crippen LogP contribution in [0, 0.1) is 0 Å². The highest BCUT2D eigenvalue weighted by atomic mass is 32.1. The summed E-state index contributed by atoms with van der Waals surface area (Å²) in [7, 11) is 1.33. The molecule has 0 aromatic carbocycles. The topological polar surface area (TPSA) is 91.5 Å². The second kappa shape index (κ2) is 8.73. The van der Waals surface area contributed by atoms with Crippen LogP contribution in [0.25, 0.3) is 0 Å². The lowest BCUT2D eigenvalue weighted by Crippen LogP contribution is -2.39. The molecular weight excluding hydrogens is 304 g/mol. The number of unbranched alkanes of at least 4 members (excludes halogenated alkanes) is 1. The first-order valence-electron chi connectivity index (χ1n) is 7.45. The first kappa shape index (κ1) is 18.4. The number of ether oxygens (including phenoxy) is 2. The van der Waals surface area contributed by atoms with Gasteiger partial charge in [-0.25, -0.2) is 4.98 Å². The zero-order chi connectivity index (χ0) is 16.6. The van der Waals surface area contributed by atoms with Gasteiger partial charge in [-0.05, 0) is 19.8 Å². The normalized spacial score (nSPS) is 13.4. The number of nitrogen functional groups attached to an aromatic ring is 1. The van der Waals surface area contributed by atoms with E-state index in [1.807, 2.05) is 6.92 Å². The number of hydrogen-bond acceptors (Lipinski definition) is 7. The maximum Gasteiger partial charge on any atom is 0.318 e. The number of methoxy groups -OCH3 is 1. The lowest BCUT2D eigenvalue weighted by Gasteiger charge is -2.29. The van der Waals surface area contributed by atoms with Gasteiger partial charge in [0.15, 0.2) is 5.13 Å². The molecule has 0 amide bonds. The number of anilines is 1. The molecule has 0 saturated carbocycles. The molecule has 1 aromatic heterocycles. The molecule has 0 aliphatic rings. The summed E-state index contributed by atoms with van der Waals surface area (Å²) in [5, 5.41) is 2.18. The SMILES string of the molecule is CCCCC(CCC(=O)OC)(C(=O)OCC)c1csc(N)n1. The second-order valence-electron chi connectivity index (χ2n) is 5.05. The van der Waals surface area contributed by atoms with Gasteiger partial charge in [-0.3, -0.25) is 9.59 Å². The Balaban J connectivity index is 3.16.